The van der Waals surface area contributed by atoms with Crippen molar-refractivity contribution in [3.05, 3.63) is 32.6 Å². The lowest BCUT2D eigenvalue weighted by molar-refractivity contribution is 0.536. The fourth-order valence-corrected chi connectivity index (χ4v) is 1.50. The number of rotatable bonds is 3. The van der Waals surface area contributed by atoms with Crippen molar-refractivity contribution in [2.45, 2.75) is 46.1 Å². The van der Waals surface area contributed by atoms with Crippen LogP contribution < -0.4 is 11.2 Å². The molecular formula is C11H18N2O2. The van der Waals surface area contributed by atoms with Gasteiger partial charge in [-0.3, -0.25) is 9.36 Å². The van der Waals surface area contributed by atoms with E-state index in [0.717, 1.165) is 12.1 Å². The van der Waals surface area contributed by atoms with Gasteiger partial charge in [-0.2, -0.15) is 0 Å². The maximum atomic E-state index is 11.7. The number of aromatic amines is 1. The average Bonchev–Trinajstić information content (AvgIpc) is 2.14. The van der Waals surface area contributed by atoms with Crippen LogP contribution in [-0.2, 0) is 0 Å². The Morgan fingerprint density at radius 3 is 2.33 bits per heavy atom. The highest BCUT2D eigenvalue weighted by Crippen LogP contribution is 2.12. The summed E-state index contributed by atoms with van der Waals surface area (Å²) in [4.78, 5) is 26.1. The minimum Gasteiger partial charge on any atom is -0.311 e. The summed E-state index contributed by atoms with van der Waals surface area (Å²) in [5.74, 6) is 0.215. The third kappa shape index (κ3) is 2.37. The van der Waals surface area contributed by atoms with Gasteiger partial charge in [0.25, 0.3) is 5.56 Å². The van der Waals surface area contributed by atoms with Gasteiger partial charge >= 0.3 is 5.69 Å². The van der Waals surface area contributed by atoms with Crippen molar-refractivity contribution in [3.63, 3.8) is 0 Å². The number of hydrogen-bond donors (Lipinski definition) is 1. The summed E-state index contributed by atoms with van der Waals surface area (Å²) in [5, 5.41) is 0. The molecule has 0 saturated carbocycles. The lowest BCUT2D eigenvalue weighted by atomic mass is 10.1. The quantitative estimate of drug-likeness (QED) is 0.824. The first-order chi connectivity index (χ1) is 6.97. The Bertz CT molecular complexity index is 411. The zero-order valence-electron chi connectivity index (χ0n) is 9.70. The van der Waals surface area contributed by atoms with Crippen LogP contribution in [0, 0.1) is 0 Å². The van der Waals surface area contributed by atoms with Crippen LogP contribution in [-0.4, -0.2) is 9.55 Å². The van der Waals surface area contributed by atoms with Crippen LogP contribution in [0.3, 0.4) is 0 Å². The molecule has 1 N–H and O–H groups in total. The van der Waals surface area contributed by atoms with Gasteiger partial charge in [0.2, 0.25) is 0 Å². The highest BCUT2D eigenvalue weighted by atomic mass is 16.2. The second-order valence-corrected chi connectivity index (χ2v) is 4.14. The van der Waals surface area contributed by atoms with Crippen molar-refractivity contribution in [3.8, 4) is 0 Å². The first-order valence-electron chi connectivity index (χ1n) is 5.33. The minimum atomic E-state index is -0.312. The SMILES string of the molecule is CCC(C)c1cc(=O)n(C(C)C)c(=O)[nH]1. The van der Waals surface area contributed by atoms with Crippen molar-refractivity contribution in [2.75, 3.05) is 0 Å². The van der Waals surface area contributed by atoms with E-state index in [1.807, 2.05) is 27.7 Å². The van der Waals surface area contributed by atoms with Crippen LogP contribution in [0.4, 0.5) is 0 Å². The molecule has 0 saturated heterocycles. The van der Waals surface area contributed by atoms with Crippen molar-refractivity contribution < 1.29 is 0 Å². The van der Waals surface area contributed by atoms with Crippen molar-refractivity contribution in [2.24, 2.45) is 0 Å². The van der Waals surface area contributed by atoms with Gasteiger partial charge in [-0.05, 0) is 26.2 Å². The predicted molar refractivity (Wildman–Crippen MR) is 60.4 cm³/mol. The van der Waals surface area contributed by atoms with E-state index in [2.05, 4.69) is 4.98 Å². The summed E-state index contributed by atoms with van der Waals surface area (Å²) in [5.41, 5.74) is 0.196. The maximum Gasteiger partial charge on any atom is 0.328 e. The Labute approximate surface area is 89.0 Å². The Balaban J connectivity index is 3.33. The number of aromatic nitrogens is 2. The molecule has 0 aliphatic rings. The standard InChI is InChI=1S/C11H18N2O2/c1-5-8(4)9-6-10(14)13(7(2)3)11(15)12-9/h6-8H,5H2,1-4H3,(H,12,15). The molecule has 1 aromatic rings. The molecule has 1 heterocycles. The number of nitrogens with one attached hydrogen (secondary N) is 1. The Morgan fingerprint density at radius 2 is 1.93 bits per heavy atom. The second-order valence-electron chi connectivity index (χ2n) is 4.14. The van der Waals surface area contributed by atoms with Crippen LogP contribution in [0.2, 0.25) is 0 Å². The number of hydrogen-bond acceptors (Lipinski definition) is 2. The van der Waals surface area contributed by atoms with Crippen LogP contribution in [0.25, 0.3) is 0 Å². The van der Waals surface area contributed by atoms with Crippen molar-refractivity contribution >= 4 is 0 Å². The van der Waals surface area contributed by atoms with E-state index in [9.17, 15) is 9.59 Å². The molecule has 15 heavy (non-hydrogen) atoms. The van der Waals surface area contributed by atoms with Gasteiger partial charge < -0.3 is 4.98 Å². The van der Waals surface area contributed by atoms with E-state index in [0.29, 0.717) is 0 Å². The molecule has 1 unspecified atom stereocenters. The molecule has 1 rings (SSSR count). The van der Waals surface area contributed by atoms with Gasteiger partial charge in [0.1, 0.15) is 0 Å². The average molecular weight is 210 g/mol. The molecule has 0 spiro atoms. The largest absolute Gasteiger partial charge is 0.328 e. The van der Waals surface area contributed by atoms with Gasteiger partial charge in [-0.15, -0.1) is 0 Å². The minimum absolute atomic E-state index is 0.104. The Kier molecular flexibility index (Phi) is 3.50. The van der Waals surface area contributed by atoms with E-state index in [1.165, 1.54) is 10.6 Å². The van der Waals surface area contributed by atoms with Gasteiger partial charge in [-0.25, -0.2) is 4.79 Å². The topological polar surface area (TPSA) is 54.9 Å². The molecule has 1 aromatic heterocycles. The third-order valence-electron chi connectivity index (χ3n) is 2.65. The molecule has 0 aromatic carbocycles. The van der Waals surface area contributed by atoms with Crippen LogP contribution >= 0.6 is 0 Å². The van der Waals surface area contributed by atoms with E-state index in [4.69, 9.17) is 0 Å². The van der Waals surface area contributed by atoms with Crippen molar-refractivity contribution in [1.29, 1.82) is 0 Å². The Morgan fingerprint density at radius 1 is 1.33 bits per heavy atom. The van der Waals surface area contributed by atoms with E-state index >= 15 is 0 Å². The molecule has 0 aliphatic heterocycles. The van der Waals surface area contributed by atoms with Gasteiger partial charge in [0.15, 0.2) is 0 Å². The zero-order chi connectivity index (χ0) is 11.6. The smallest absolute Gasteiger partial charge is 0.311 e. The monoisotopic (exact) mass is 210 g/mol. The molecule has 4 nitrogen and oxygen atoms in total. The van der Waals surface area contributed by atoms with Crippen LogP contribution in [0.1, 0.15) is 51.8 Å². The van der Waals surface area contributed by atoms with Crippen molar-refractivity contribution in [1.82, 2.24) is 9.55 Å². The fraction of sp³-hybridized carbons (Fsp3) is 0.636. The molecule has 1 atom stereocenters. The van der Waals surface area contributed by atoms with Gasteiger partial charge in [0, 0.05) is 17.8 Å². The molecule has 4 heteroatoms. The van der Waals surface area contributed by atoms with Crippen LogP contribution in [0.5, 0.6) is 0 Å². The molecular weight excluding hydrogens is 192 g/mol. The third-order valence-corrected chi connectivity index (χ3v) is 2.65. The highest BCUT2D eigenvalue weighted by molar-refractivity contribution is 5.05. The summed E-state index contributed by atoms with van der Waals surface area (Å²) < 4.78 is 1.23. The predicted octanol–water partition coefficient (Wildman–Crippen LogP) is 1.63. The lowest BCUT2D eigenvalue weighted by Crippen LogP contribution is -2.37. The van der Waals surface area contributed by atoms with Crippen LogP contribution in [0.15, 0.2) is 15.7 Å². The summed E-state index contributed by atoms with van der Waals surface area (Å²) in [6, 6.07) is 1.42. The normalized spacial score (nSPS) is 13.1. The fourth-order valence-electron chi connectivity index (χ4n) is 1.50. The highest BCUT2D eigenvalue weighted by Gasteiger charge is 2.10. The molecule has 0 aliphatic carbocycles. The first-order valence-corrected chi connectivity index (χ1v) is 5.33. The number of nitrogens with zero attached hydrogens (tertiary/aromatic N) is 1. The summed E-state index contributed by atoms with van der Waals surface area (Å²) >= 11 is 0. The lowest BCUT2D eigenvalue weighted by Gasteiger charge is -2.12. The van der Waals surface area contributed by atoms with Gasteiger partial charge in [0.05, 0.1) is 0 Å². The second kappa shape index (κ2) is 4.47. The summed E-state index contributed by atoms with van der Waals surface area (Å²) in [7, 11) is 0. The zero-order valence-corrected chi connectivity index (χ0v) is 9.70. The summed E-state index contributed by atoms with van der Waals surface area (Å²) in [6.45, 7) is 7.65. The van der Waals surface area contributed by atoms with Gasteiger partial charge in [-0.1, -0.05) is 13.8 Å². The molecule has 0 fully saturated rings. The Hall–Kier alpha value is -1.32. The maximum absolute atomic E-state index is 11.7. The molecule has 0 bridgehead atoms. The molecule has 0 radical (unpaired) electrons. The van der Waals surface area contributed by atoms with E-state index in [-0.39, 0.29) is 23.2 Å². The molecule has 0 amide bonds. The van der Waals surface area contributed by atoms with E-state index in [1.54, 1.807) is 0 Å². The first kappa shape index (κ1) is 11.8. The number of H-pyrrole nitrogens is 1. The molecule has 84 valence electrons. The van der Waals surface area contributed by atoms with E-state index < -0.39 is 0 Å². The summed E-state index contributed by atoms with van der Waals surface area (Å²) in [6.07, 6.45) is 0.904.